The predicted molar refractivity (Wildman–Crippen MR) is 119 cm³/mol. The number of benzene rings is 2. The molecule has 2 aromatic carbocycles. The van der Waals surface area contributed by atoms with Crippen molar-refractivity contribution in [3.8, 4) is 5.75 Å². The highest BCUT2D eigenvalue weighted by atomic mass is 32.2. The number of amides is 1. The van der Waals surface area contributed by atoms with Crippen LogP contribution in [0.25, 0.3) is 11.0 Å². The molecular weight excluding hydrogens is 414 g/mol. The summed E-state index contributed by atoms with van der Waals surface area (Å²) in [5.41, 5.74) is 2.99. The van der Waals surface area contributed by atoms with Gasteiger partial charge in [0, 0.05) is 30.7 Å². The van der Waals surface area contributed by atoms with E-state index in [0.717, 1.165) is 41.6 Å². The first kappa shape index (κ1) is 21.4. The summed E-state index contributed by atoms with van der Waals surface area (Å²) in [4.78, 5) is 14.6. The van der Waals surface area contributed by atoms with E-state index in [4.69, 9.17) is 9.15 Å². The lowest BCUT2D eigenvalue weighted by Crippen LogP contribution is -2.33. The Morgan fingerprint density at radius 3 is 2.55 bits per heavy atom. The molecule has 1 atom stereocenters. The third-order valence-corrected chi connectivity index (χ3v) is 7.18. The molecule has 0 radical (unpaired) electrons. The van der Waals surface area contributed by atoms with Crippen LogP contribution in [0.1, 0.15) is 42.7 Å². The molecule has 7 heteroatoms. The van der Waals surface area contributed by atoms with E-state index in [9.17, 15) is 13.2 Å². The first-order valence-corrected chi connectivity index (χ1v) is 12.4. The third kappa shape index (κ3) is 4.46. The van der Waals surface area contributed by atoms with E-state index >= 15 is 0 Å². The summed E-state index contributed by atoms with van der Waals surface area (Å²) in [5.74, 6) is 1.56. The van der Waals surface area contributed by atoms with Gasteiger partial charge in [0.25, 0.3) is 5.91 Å². The first-order valence-electron chi connectivity index (χ1n) is 10.5. The van der Waals surface area contributed by atoms with E-state index in [0.29, 0.717) is 5.75 Å². The van der Waals surface area contributed by atoms with Crippen molar-refractivity contribution >= 4 is 26.7 Å². The standard InChI is InChI=1S/C24H27NO5S/c1-16(17-8-11-19(12-9-17)31(3,27)28)25(2)24(26)15-29-18-10-13-23-21(14-18)20-6-4-5-7-22(20)30-23/h8-14,16H,4-7,15H2,1-3H3. The SMILES string of the molecule is CC(c1ccc(S(C)(=O)=O)cc1)N(C)C(=O)COc1ccc2oc3c(c2c1)CCCC3. The molecule has 0 bridgehead atoms. The summed E-state index contributed by atoms with van der Waals surface area (Å²) in [6.45, 7) is 1.82. The summed E-state index contributed by atoms with van der Waals surface area (Å²) >= 11 is 0. The normalized spacial score (nSPS) is 14.8. The van der Waals surface area contributed by atoms with Crippen LogP contribution in [0.3, 0.4) is 0 Å². The molecule has 3 aromatic rings. The van der Waals surface area contributed by atoms with Gasteiger partial charge in [-0.2, -0.15) is 0 Å². The maximum Gasteiger partial charge on any atom is 0.260 e. The Labute approximate surface area is 182 Å². The molecule has 1 heterocycles. The van der Waals surface area contributed by atoms with Crippen molar-refractivity contribution in [2.75, 3.05) is 19.9 Å². The predicted octanol–water partition coefficient (Wildman–Crippen LogP) is 4.31. The number of furan rings is 1. The number of nitrogens with zero attached hydrogens (tertiary/aromatic N) is 1. The minimum absolute atomic E-state index is 0.0756. The van der Waals surface area contributed by atoms with Crippen LogP contribution in [0.5, 0.6) is 5.75 Å². The van der Waals surface area contributed by atoms with Crippen molar-refractivity contribution in [1.82, 2.24) is 4.90 Å². The fourth-order valence-electron chi connectivity index (χ4n) is 4.01. The highest BCUT2D eigenvalue weighted by Crippen LogP contribution is 2.34. The molecule has 1 aromatic heterocycles. The number of sulfone groups is 1. The minimum atomic E-state index is -3.25. The third-order valence-electron chi connectivity index (χ3n) is 6.05. The van der Waals surface area contributed by atoms with Crippen LogP contribution in [0.4, 0.5) is 0 Å². The summed E-state index contributed by atoms with van der Waals surface area (Å²) in [6.07, 6.45) is 5.50. The van der Waals surface area contributed by atoms with E-state index in [1.165, 1.54) is 18.2 Å². The van der Waals surface area contributed by atoms with Crippen molar-refractivity contribution in [3.05, 3.63) is 59.4 Å². The molecule has 31 heavy (non-hydrogen) atoms. The van der Waals surface area contributed by atoms with Crippen LogP contribution in [0, 0.1) is 0 Å². The Kier molecular flexibility index (Phi) is 5.79. The monoisotopic (exact) mass is 441 g/mol. The number of hydrogen-bond acceptors (Lipinski definition) is 5. The Hall–Kier alpha value is -2.80. The summed E-state index contributed by atoms with van der Waals surface area (Å²) in [7, 11) is -1.53. The van der Waals surface area contributed by atoms with E-state index in [1.54, 1.807) is 36.2 Å². The summed E-state index contributed by atoms with van der Waals surface area (Å²) in [5, 5.41) is 1.08. The fraction of sp³-hybridized carbons (Fsp3) is 0.375. The highest BCUT2D eigenvalue weighted by molar-refractivity contribution is 7.90. The molecule has 0 spiro atoms. The molecule has 1 unspecified atom stereocenters. The number of aryl methyl sites for hydroxylation is 2. The fourth-order valence-corrected chi connectivity index (χ4v) is 4.64. The molecule has 0 aliphatic heterocycles. The van der Waals surface area contributed by atoms with Gasteiger partial charge in [-0.1, -0.05) is 12.1 Å². The number of carbonyl (C=O) groups excluding carboxylic acids is 1. The van der Waals surface area contributed by atoms with Gasteiger partial charge in [-0.25, -0.2) is 8.42 Å². The smallest absolute Gasteiger partial charge is 0.260 e. The van der Waals surface area contributed by atoms with Gasteiger partial charge < -0.3 is 14.1 Å². The van der Waals surface area contributed by atoms with Crippen LogP contribution in [0.2, 0.25) is 0 Å². The van der Waals surface area contributed by atoms with E-state index < -0.39 is 9.84 Å². The number of rotatable bonds is 6. The molecule has 1 aliphatic carbocycles. The second-order valence-electron chi connectivity index (χ2n) is 8.18. The molecule has 164 valence electrons. The number of carbonyl (C=O) groups is 1. The Morgan fingerprint density at radius 2 is 1.84 bits per heavy atom. The Morgan fingerprint density at radius 1 is 1.13 bits per heavy atom. The highest BCUT2D eigenvalue weighted by Gasteiger charge is 2.20. The van der Waals surface area contributed by atoms with Gasteiger partial charge in [-0.05, 0) is 62.1 Å². The van der Waals surface area contributed by atoms with Crippen molar-refractivity contribution in [3.63, 3.8) is 0 Å². The Bertz CT molecular complexity index is 1210. The summed E-state index contributed by atoms with van der Waals surface area (Å²) in [6, 6.07) is 12.1. The van der Waals surface area contributed by atoms with Gasteiger partial charge in [0.1, 0.15) is 17.1 Å². The Balaban J connectivity index is 1.42. The molecular formula is C24H27NO5S. The van der Waals surface area contributed by atoms with E-state index in [-0.39, 0.29) is 23.5 Å². The number of fused-ring (bicyclic) bond motifs is 3. The average molecular weight is 442 g/mol. The lowest BCUT2D eigenvalue weighted by Gasteiger charge is -2.25. The van der Waals surface area contributed by atoms with Gasteiger partial charge >= 0.3 is 0 Å². The van der Waals surface area contributed by atoms with E-state index in [2.05, 4.69) is 0 Å². The van der Waals surface area contributed by atoms with Crippen LogP contribution in [-0.4, -0.2) is 39.1 Å². The number of likely N-dealkylation sites (N-methyl/N-ethyl adjacent to an activating group) is 1. The maximum atomic E-state index is 12.7. The topological polar surface area (TPSA) is 76.8 Å². The molecule has 0 saturated carbocycles. The number of ether oxygens (including phenoxy) is 1. The average Bonchev–Trinajstić information content (AvgIpc) is 3.14. The first-order chi connectivity index (χ1) is 14.7. The zero-order chi connectivity index (χ0) is 22.2. The van der Waals surface area contributed by atoms with Crippen molar-refractivity contribution in [1.29, 1.82) is 0 Å². The van der Waals surface area contributed by atoms with Crippen molar-refractivity contribution in [2.24, 2.45) is 0 Å². The van der Waals surface area contributed by atoms with Gasteiger partial charge in [-0.15, -0.1) is 0 Å². The molecule has 0 N–H and O–H groups in total. The van der Waals surface area contributed by atoms with Crippen molar-refractivity contribution in [2.45, 2.75) is 43.5 Å². The maximum absolute atomic E-state index is 12.7. The van der Waals surface area contributed by atoms with Gasteiger partial charge in [0.05, 0.1) is 10.9 Å². The van der Waals surface area contributed by atoms with Crippen LogP contribution in [-0.2, 0) is 27.5 Å². The van der Waals surface area contributed by atoms with Gasteiger partial charge in [-0.3, -0.25) is 4.79 Å². The van der Waals surface area contributed by atoms with E-state index in [1.807, 2.05) is 25.1 Å². The molecule has 6 nitrogen and oxygen atoms in total. The number of hydrogen-bond donors (Lipinski definition) is 0. The van der Waals surface area contributed by atoms with Crippen LogP contribution in [0.15, 0.2) is 51.8 Å². The largest absolute Gasteiger partial charge is 0.484 e. The molecule has 4 rings (SSSR count). The minimum Gasteiger partial charge on any atom is -0.484 e. The quantitative estimate of drug-likeness (QED) is 0.570. The van der Waals surface area contributed by atoms with Crippen molar-refractivity contribution < 1.29 is 22.4 Å². The summed E-state index contributed by atoms with van der Waals surface area (Å²) < 4.78 is 35.0. The second-order valence-corrected chi connectivity index (χ2v) is 10.2. The van der Waals surface area contributed by atoms with Crippen LogP contribution >= 0.6 is 0 Å². The van der Waals surface area contributed by atoms with Gasteiger partial charge in [0.2, 0.25) is 0 Å². The molecule has 0 fully saturated rings. The second kappa shape index (κ2) is 8.38. The molecule has 1 aliphatic rings. The zero-order valence-corrected chi connectivity index (χ0v) is 18.9. The lowest BCUT2D eigenvalue weighted by molar-refractivity contribution is -0.134. The lowest BCUT2D eigenvalue weighted by atomic mass is 9.96. The zero-order valence-electron chi connectivity index (χ0n) is 18.1. The molecule has 0 saturated heterocycles. The molecule has 1 amide bonds. The van der Waals surface area contributed by atoms with Gasteiger partial charge in [0.15, 0.2) is 16.4 Å². The van der Waals surface area contributed by atoms with Crippen LogP contribution < -0.4 is 4.74 Å².